The molecule has 462 valence electrons. The summed E-state index contributed by atoms with van der Waals surface area (Å²) in [5.41, 5.74) is 0. The highest BCUT2D eigenvalue weighted by Crippen LogP contribution is 2.17. The van der Waals surface area contributed by atoms with Gasteiger partial charge in [0.25, 0.3) is 0 Å². The van der Waals surface area contributed by atoms with Crippen LogP contribution in [0.25, 0.3) is 0 Å². The molecule has 0 fully saturated rings. The predicted octanol–water partition coefficient (Wildman–Crippen LogP) is 23.6. The van der Waals surface area contributed by atoms with Crippen LogP contribution in [0.5, 0.6) is 0 Å². The van der Waals surface area contributed by atoms with Crippen molar-refractivity contribution < 1.29 is 28.6 Å². The van der Waals surface area contributed by atoms with E-state index < -0.39 is 6.10 Å². The van der Waals surface area contributed by atoms with Gasteiger partial charge in [-0.3, -0.25) is 14.4 Å². The molecule has 0 aromatic rings. The minimum absolute atomic E-state index is 0.0899. The van der Waals surface area contributed by atoms with E-state index in [-0.39, 0.29) is 31.1 Å². The molecule has 81 heavy (non-hydrogen) atoms. The van der Waals surface area contributed by atoms with Crippen LogP contribution in [0.1, 0.15) is 316 Å². The number of carbonyl (C=O) groups excluding carboxylic acids is 3. The minimum atomic E-state index is -0.796. The summed E-state index contributed by atoms with van der Waals surface area (Å²) in [5, 5.41) is 0. The fourth-order valence-corrected chi connectivity index (χ4v) is 9.46. The van der Waals surface area contributed by atoms with E-state index in [0.717, 1.165) is 161 Å². The summed E-state index contributed by atoms with van der Waals surface area (Å²) < 4.78 is 16.9. The number of hydrogen-bond acceptors (Lipinski definition) is 6. The first-order valence-corrected chi connectivity index (χ1v) is 34.0. The zero-order valence-corrected chi connectivity index (χ0v) is 53.0. The molecule has 0 saturated heterocycles. The van der Waals surface area contributed by atoms with Crippen LogP contribution in [-0.4, -0.2) is 37.2 Å². The third-order valence-electron chi connectivity index (χ3n) is 14.4. The van der Waals surface area contributed by atoms with Crippen molar-refractivity contribution in [2.45, 2.75) is 322 Å². The fourth-order valence-electron chi connectivity index (χ4n) is 9.46. The van der Waals surface area contributed by atoms with Crippen molar-refractivity contribution in [3.8, 4) is 0 Å². The Bertz CT molecular complexity index is 1670. The second kappa shape index (κ2) is 68.3. The van der Waals surface area contributed by atoms with E-state index in [1.165, 1.54) is 116 Å². The van der Waals surface area contributed by atoms with E-state index in [1.54, 1.807) is 0 Å². The first-order valence-electron chi connectivity index (χ1n) is 34.0. The van der Waals surface area contributed by atoms with Crippen LogP contribution >= 0.6 is 0 Å². The predicted molar refractivity (Wildman–Crippen MR) is 353 cm³/mol. The Morgan fingerprint density at radius 3 is 0.691 bits per heavy atom. The molecule has 6 heteroatoms. The Balaban J connectivity index is 4.18. The number of rotatable bonds is 61. The Hall–Kier alpha value is -4.19. The van der Waals surface area contributed by atoms with Gasteiger partial charge in [0.2, 0.25) is 0 Å². The number of unbranched alkanes of at least 4 members (excludes halogenated alkanes) is 30. The first kappa shape index (κ1) is 76.8. The molecule has 1 unspecified atom stereocenters. The lowest BCUT2D eigenvalue weighted by molar-refractivity contribution is -0.167. The Morgan fingerprint density at radius 1 is 0.247 bits per heavy atom. The van der Waals surface area contributed by atoms with Crippen LogP contribution < -0.4 is 0 Å². The van der Waals surface area contributed by atoms with E-state index >= 15 is 0 Å². The topological polar surface area (TPSA) is 78.9 Å². The fraction of sp³-hybridized carbons (Fsp3) is 0.693. The molecule has 0 aromatic carbocycles. The second-order valence-corrected chi connectivity index (χ2v) is 22.3. The number of ether oxygens (including phenoxy) is 3. The molecule has 6 nitrogen and oxygen atoms in total. The van der Waals surface area contributed by atoms with Gasteiger partial charge in [-0.25, -0.2) is 0 Å². The van der Waals surface area contributed by atoms with Gasteiger partial charge in [0.15, 0.2) is 6.10 Å². The van der Waals surface area contributed by atoms with Gasteiger partial charge in [-0.15, -0.1) is 0 Å². The lowest BCUT2D eigenvalue weighted by Crippen LogP contribution is -2.30. The van der Waals surface area contributed by atoms with E-state index in [1.807, 2.05) is 0 Å². The number of allylic oxidation sites excluding steroid dienone is 20. The van der Waals surface area contributed by atoms with E-state index in [4.69, 9.17) is 14.2 Å². The molecule has 0 radical (unpaired) electrons. The van der Waals surface area contributed by atoms with Gasteiger partial charge < -0.3 is 14.2 Å². The monoisotopic (exact) mass is 1120 g/mol. The molecule has 0 aromatic heterocycles. The lowest BCUT2D eigenvalue weighted by atomic mass is 10.0. The molecule has 0 aliphatic rings. The summed E-state index contributed by atoms with van der Waals surface area (Å²) in [4.78, 5) is 38.3. The highest BCUT2D eigenvalue weighted by Gasteiger charge is 2.19. The molecule has 0 N–H and O–H groups in total. The number of carbonyl (C=O) groups is 3. The summed E-state index contributed by atoms with van der Waals surface area (Å²) in [6.07, 6.45) is 95.2. The molecule has 0 aliphatic heterocycles. The third-order valence-corrected chi connectivity index (χ3v) is 14.4. The zero-order valence-electron chi connectivity index (χ0n) is 53.0. The van der Waals surface area contributed by atoms with Crippen molar-refractivity contribution in [1.29, 1.82) is 0 Å². The molecule has 0 saturated carbocycles. The quantitative estimate of drug-likeness (QED) is 0.0261. The number of hydrogen-bond donors (Lipinski definition) is 0. The van der Waals surface area contributed by atoms with Crippen molar-refractivity contribution in [2.75, 3.05) is 13.2 Å². The summed E-state index contributed by atoms with van der Waals surface area (Å²) in [6, 6.07) is 0. The molecule has 0 rings (SSSR count). The Kier molecular flexibility index (Phi) is 64.8. The van der Waals surface area contributed by atoms with Crippen LogP contribution in [0.3, 0.4) is 0 Å². The van der Waals surface area contributed by atoms with Gasteiger partial charge >= 0.3 is 17.9 Å². The lowest BCUT2D eigenvalue weighted by Gasteiger charge is -2.18. The Morgan fingerprint density at radius 2 is 0.444 bits per heavy atom. The molecule has 0 bridgehead atoms. The molecule has 0 heterocycles. The van der Waals surface area contributed by atoms with Gasteiger partial charge in [-0.1, -0.05) is 296 Å². The van der Waals surface area contributed by atoms with Crippen molar-refractivity contribution in [3.05, 3.63) is 122 Å². The van der Waals surface area contributed by atoms with E-state index in [9.17, 15) is 14.4 Å². The summed E-state index contributed by atoms with van der Waals surface area (Å²) in [5.74, 6) is -0.915. The average molecular weight is 1120 g/mol. The van der Waals surface area contributed by atoms with Crippen molar-refractivity contribution in [2.24, 2.45) is 0 Å². The normalized spacial score (nSPS) is 12.9. The molecule has 0 amide bonds. The van der Waals surface area contributed by atoms with E-state index in [2.05, 4.69) is 142 Å². The van der Waals surface area contributed by atoms with Crippen LogP contribution in [0.15, 0.2) is 122 Å². The van der Waals surface area contributed by atoms with Crippen molar-refractivity contribution in [1.82, 2.24) is 0 Å². The maximum Gasteiger partial charge on any atom is 0.306 e. The maximum atomic E-state index is 12.9. The highest BCUT2D eigenvalue weighted by molar-refractivity contribution is 5.71. The van der Waals surface area contributed by atoms with Crippen molar-refractivity contribution in [3.63, 3.8) is 0 Å². The van der Waals surface area contributed by atoms with Gasteiger partial charge in [-0.2, -0.15) is 0 Å². The summed E-state index contributed by atoms with van der Waals surface area (Å²) in [6.45, 7) is 6.30. The SMILES string of the molecule is CC/C=C\C/C=C\C/C=C\C/C=C\CCCCCCCCCCCCCCCCCCCCCCC(=O)OCC(COC(=O)CCCCCCC/C=C\C/C=C\C/C=C\CC)OC(=O)CCCCCCC/C=C\C/C=C\C/C=C\CC. The largest absolute Gasteiger partial charge is 0.462 e. The van der Waals surface area contributed by atoms with Gasteiger partial charge in [0.05, 0.1) is 0 Å². The number of esters is 3. The van der Waals surface area contributed by atoms with Crippen LogP contribution in [0, 0.1) is 0 Å². The van der Waals surface area contributed by atoms with Gasteiger partial charge in [-0.05, 0) is 122 Å². The molecular formula is C75H126O6. The van der Waals surface area contributed by atoms with Crippen molar-refractivity contribution >= 4 is 17.9 Å². The second-order valence-electron chi connectivity index (χ2n) is 22.3. The van der Waals surface area contributed by atoms with E-state index in [0.29, 0.717) is 19.3 Å². The minimum Gasteiger partial charge on any atom is -0.462 e. The molecule has 0 aliphatic carbocycles. The molecular weight excluding hydrogens is 997 g/mol. The Labute approximate surface area is 501 Å². The molecule has 1 atom stereocenters. The van der Waals surface area contributed by atoms with Crippen LogP contribution in [-0.2, 0) is 28.6 Å². The first-order chi connectivity index (χ1) is 40.0. The highest BCUT2D eigenvalue weighted by atomic mass is 16.6. The standard InChI is InChI=1S/C75H126O6/c1-4-7-10-13-16-19-22-25-28-29-30-31-32-33-34-35-36-37-38-39-40-41-42-43-44-45-48-50-53-56-59-62-65-68-74(77)80-71-72(81-75(78)69-66-63-60-57-54-51-47-27-24-21-18-15-12-9-6-3)70-79-73(76)67-64-61-58-55-52-49-46-26-23-20-17-14-11-8-5-2/h7-12,16-21,25-28,30-31,46-47,72H,4-6,13-15,22-24,29,32-45,48-71H2,1-3H3/b10-7-,11-8-,12-9-,19-16-,20-17-,21-18-,28-25-,31-30-,46-26-,47-27-. The summed E-state index contributed by atoms with van der Waals surface area (Å²) >= 11 is 0. The van der Waals surface area contributed by atoms with Gasteiger partial charge in [0.1, 0.15) is 13.2 Å². The molecule has 0 spiro atoms. The van der Waals surface area contributed by atoms with Crippen LogP contribution in [0.2, 0.25) is 0 Å². The zero-order chi connectivity index (χ0) is 58.5. The van der Waals surface area contributed by atoms with Gasteiger partial charge in [0, 0.05) is 19.3 Å². The third kappa shape index (κ3) is 66.5. The average Bonchev–Trinajstić information content (AvgIpc) is 3.47. The van der Waals surface area contributed by atoms with Crippen LogP contribution in [0.4, 0.5) is 0 Å². The summed E-state index contributed by atoms with van der Waals surface area (Å²) in [7, 11) is 0. The maximum absolute atomic E-state index is 12.9. The smallest absolute Gasteiger partial charge is 0.306 e.